The fourth-order valence-electron chi connectivity index (χ4n) is 2.24. The molecule has 1 heterocycles. The van der Waals surface area contributed by atoms with Gasteiger partial charge < -0.3 is 0 Å². The number of rotatable bonds is 1. The zero-order valence-electron chi connectivity index (χ0n) is 10.0. The van der Waals surface area contributed by atoms with Gasteiger partial charge in [-0.05, 0) is 48.1 Å². The van der Waals surface area contributed by atoms with E-state index in [1.165, 1.54) is 31.7 Å². The molecular weight excluding hydrogens is 224 g/mol. The van der Waals surface area contributed by atoms with Gasteiger partial charge in [-0.1, -0.05) is 36.4 Å². The highest BCUT2D eigenvalue weighted by atomic mass is 32.1. The minimum atomic E-state index is 1.29. The Morgan fingerprint density at radius 3 is 2.35 bits per heavy atom. The first-order valence-corrected chi connectivity index (χ1v) is 6.62. The molecule has 0 aliphatic carbocycles. The lowest BCUT2D eigenvalue weighted by Gasteiger charge is -2.04. The molecule has 0 unspecified atom stereocenters. The van der Waals surface area contributed by atoms with E-state index in [0.717, 1.165) is 0 Å². The fraction of sp³-hybridized carbons (Fsp3) is 0.125. The number of fused-ring (bicyclic) bond motifs is 1. The van der Waals surface area contributed by atoms with Gasteiger partial charge >= 0.3 is 0 Å². The summed E-state index contributed by atoms with van der Waals surface area (Å²) < 4.78 is 1.39. The van der Waals surface area contributed by atoms with Gasteiger partial charge in [0, 0.05) is 9.58 Å². The summed E-state index contributed by atoms with van der Waals surface area (Å²) in [7, 11) is 0. The first-order chi connectivity index (χ1) is 8.24. The maximum atomic E-state index is 2.30. The van der Waals surface area contributed by atoms with Gasteiger partial charge in [-0.2, -0.15) is 0 Å². The van der Waals surface area contributed by atoms with Crippen LogP contribution < -0.4 is 0 Å². The Morgan fingerprint density at radius 2 is 1.59 bits per heavy atom. The molecule has 0 aliphatic heterocycles. The molecule has 1 aromatic heterocycles. The van der Waals surface area contributed by atoms with Crippen molar-refractivity contribution in [1.82, 2.24) is 0 Å². The second-order valence-electron chi connectivity index (χ2n) is 4.43. The molecule has 0 saturated carbocycles. The number of hydrogen-bond donors (Lipinski definition) is 0. The molecule has 0 radical (unpaired) electrons. The number of hydrogen-bond acceptors (Lipinski definition) is 1. The van der Waals surface area contributed by atoms with E-state index in [2.05, 4.69) is 62.4 Å². The minimum absolute atomic E-state index is 1.29. The van der Waals surface area contributed by atoms with Crippen LogP contribution in [0.2, 0.25) is 0 Å². The van der Waals surface area contributed by atoms with Crippen LogP contribution in [0.4, 0.5) is 0 Å². The average Bonchev–Trinajstić information content (AvgIpc) is 2.71. The van der Waals surface area contributed by atoms with Crippen molar-refractivity contribution in [2.75, 3.05) is 0 Å². The summed E-state index contributed by atoms with van der Waals surface area (Å²) in [6.07, 6.45) is 0. The summed E-state index contributed by atoms with van der Waals surface area (Å²) in [5.41, 5.74) is 3.98. The summed E-state index contributed by atoms with van der Waals surface area (Å²) in [6, 6.07) is 17.4. The summed E-state index contributed by atoms with van der Waals surface area (Å²) >= 11 is 1.88. The Hall–Kier alpha value is -1.60. The van der Waals surface area contributed by atoms with Crippen molar-refractivity contribution in [3.63, 3.8) is 0 Å². The van der Waals surface area contributed by atoms with E-state index < -0.39 is 0 Å². The van der Waals surface area contributed by atoms with Crippen LogP contribution in [0.3, 0.4) is 0 Å². The Labute approximate surface area is 106 Å². The van der Waals surface area contributed by atoms with E-state index in [1.54, 1.807) is 0 Å². The predicted octanol–water partition coefficient (Wildman–Crippen LogP) is 5.19. The van der Waals surface area contributed by atoms with Crippen molar-refractivity contribution in [1.29, 1.82) is 0 Å². The molecule has 0 N–H and O–H groups in total. The number of aryl methyl sites for hydroxylation is 2. The second-order valence-corrected chi connectivity index (χ2v) is 5.72. The van der Waals surface area contributed by atoms with Crippen molar-refractivity contribution in [3.05, 3.63) is 59.0 Å². The molecule has 0 aliphatic rings. The maximum Gasteiger partial charge on any atom is 0.0354 e. The third-order valence-electron chi connectivity index (χ3n) is 3.07. The molecule has 0 spiro atoms. The van der Waals surface area contributed by atoms with E-state index in [0.29, 0.717) is 0 Å². The zero-order valence-corrected chi connectivity index (χ0v) is 10.8. The lowest BCUT2D eigenvalue weighted by molar-refractivity contribution is 1.52. The molecule has 0 bridgehead atoms. The number of thiophene rings is 1. The highest BCUT2D eigenvalue weighted by Gasteiger charge is 2.05. The Bertz CT molecular complexity index is 663. The highest BCUT2D eigenvalue weighted by Crippen LogP contribution is 2.32. The quantitative estimate of drug-likeness (QED) is 0.547. The van der Waals surface area contributed by atoms with Crippen LogP contribution in [-0.4, -0.2) is 0 Å². The Morgan fingerprint density at radius 1 is 0.824 bits per heavy atom. The van der Waals surface area contributed by atoms with E-state index in [4.69, 9.17) is 0 Å². The van der Waals surface area contributed by atoms with Crippen LogP contribution in [0.5, 0.6) is 0 Å². The van der Waals surface area contributed by atoms with Crippen LogP contribution in [0, 0.1) is 13.8 Å². The molecule has 0 fully saturated rings. The molecule has 2 aromatic carbocycles. The molecule has 17 heavy (non-hydrogen) atoms. The summed E-state index contributed by atoms with van der Waals surface area (Å²) in [5.74, 6) is 0. The van der Waals surface area contributed by atoms with Gasteiger partial charge in [-0.25, -0.2) is 0 Å². The standard InChI is InChI=1S/C16H14S/c1-11-8-14(13-6-4-3-5-7-13)10-16-15(11)9-12(2)17-16/h3-10H,1-2H3. The topological polar surface area (TPSA) is 0 Å². The molecule has 0 atom stereocenters. The van der Waals surface area contributed by atoms with Gasteiger partial charge in [0.2, 0.25) is 0 Å². The largest absolute Gasteiger partial charge is 0.141 e. The van der Waals surface area contributed by atoms with Crippen molar-refractivity contribution in [2.24, 2.45) is 0 Å². The molecular formula is C16H14S. The van der Waals surface area contributed by atoms with Crippen LogP contribution in [0.1, 0.15) is 10.4 Å². The monoisotopic (exact) mass is 238 g/mol. The lowest BCUT2D eigenvalue weighted by atomic mass is 10.0. The Balaban J connectivity index is 2.25. The number of benzene rings is 2. The van der Waals surface area contributed by atoms with Gasteiger partial charge in [0.15, 0.2) is 0 Å². The third-order valence-corrected chi connectivity index (χ3v) is 4.07. The van der Waals surface area contributed by atoms with Crippen molar-refractivity contribution < 1.29 is 0 Å². The molecule has 0 nitrogen and oxygen atoms in total. The summed E-state index contributed by atoms with van der Waals surface area (Å²) in [4.78, 5) is 1.38. The summed E-state index contributed by atoms with van der Waals surface area (Å²) in [5, 5.41) is 1.40. The summed E-state index contributed by atoms with van der Waals surface area (Å²) in [6.45, 7) is 4.37. The fourth-order valence-corrected chi connectivity index (χ4v) is 3.28. The smallest absolute Gasteiger partial charge is 0.0354 e. The van der Waals surface area contributed by atoms with Gasteiger partial charge in [-0.15, -0.1) is 11.3 Å². The molecule has 0 amide bonds. The van der Waals surface area contributed by atoms with Gasteiger partial charge in [0.1, 0.15) is 0 Å². The normalized spacial score (nSPS) is 10.9. The average molecular weight is 238 g/mol. The molecule has 1 heteroatoms. The molecule has 3 rings (SSSR count). The van der Waals surface area contributed by atoms with Crippen molar-refractivity contribution >= 4 is 21.4 Å². The maximum absolute atomic E-state index is 2.30. The van der Waals surface area contributed by atoms with Gasteiger partial charge in [-0.3, -0.25) is 0 Å². The minimum Gasteiger partial charge on any atom is -0.141 e. The lowest BCUT2D eigenvalue weighted by Crippen LogP contribution is -1.79. The predicted molar refractivity (Wildman–Crippen MR) is 76.7 cm³/mol. The van der Waals surface area contributed by atoms with E-state index in [1.807, 2.05) is 11.3 Å². The van der Waals surface area contributed by atoms with E-state index >= 15 is 0 Å². The van der Waals surface area contributed by atoms with Crippen molar-refractivity contribution in [3.8, 4) is 11.1 Å². The van der Waals surface area contributed by atoms with Crippen LogP contribution >= 0.6 is 11.3 Å². The zero-order chi connectivity index (χ0) is 11.8. The van der Waals surface area contributed by atoms with Crippen LogP contribution in [0.15, 0.2) is 48.5 Å². The second kappa shape index (κ2) is 4.01. The third kappa shape index (κ3) is 1.87. The van der Waals surface area contributed by atoms with Crippen LogP contribution in [0.25, 0.3) is 21.2 Å². The molecule has 3 aromatic rings. The van der Waals surface area contributed by atoms with E-state index in [9.17, 15) is 0 Å². The van der Waals surface area contributed by atoms with E-state index in [-0.39, 0.29) is 0 Å². The van der Waals surface area contributed by atoms with Crippen molar-refractivity contribution in [2.45, 2.75) is 13.8 Å². The SMILES string of the molecule is Cc1cc2c(C)cc(-c3ccccc3)cc2s1. The Kier molecular flexibility index (Phi) is 2.49. The molecule has 84 valence electrons. The first kappa shape index (κ1) is 10.5. The van der Waals surface area contributed by atoms with Gasteiger partial charge in [0.25, 0.3) is 0 Å². The van der Waals surface area contributed by atoms with Crippen LogP contribution in [-0.2, 0) is 0 Å². The van der Waals surface area contributed by atoms with Gasteiger partial charge in [0.05, 0.1) is 0 Å². The highest BCUT2D eigenvalue weighted by molar-refractivity contribution is 7.19. The first-order valence-electron chi connectivity index (χ1n) is 5.80. The molecule has 0 saturated heterocycles.